The molecule has 1 aromatic rings. The van der Waals surface area contributed by atoms with Crippen LogP contribution in [0.3, 0.4) is 0 Å². The molecule has 6 heteroatoms. The molecule has 1 saturated carbocycles. The topological polar surface area (TPSA) is 57.2 Å². The number of aliphatic hydroxyl groups is 1. The predicted molar refractivity (Wildman–Crippen MR) is 80.3 cm³/mol. The van der Waals surface area contributed by atoms with Gasteiger partial charge in [-0.3, -0.25) is 0 Å². The van der Waals surface area contributed by atoms with Gasteiger partial charge in [0.2, 0.25) is 0 Å². The molecular formula is C13H19Cl2N3O. The molecular weight excluding hydrogens is 285 g/mol. The van der Waals surface area contributed by atoms with Crippen LogP contribution in [0.5, 0.6) is 0 Å². The monoisotopic (exact) mass is 303 g/mol. The molecule has 1 fully saturated rings. The Morgan fingerprint density at radius 1 is 1.21 bits per heavy atom. The molecule has 1 aliphatic rings. The second kappa shape index (κ2) is 6.64. The first-order valence-electron chi connectivity index (χ1n) is 6.56. The summed E-state index contributed by atoms with van der Waals surface area (Å²) < 4.78 is 0. The van der Waals surface area contributed by atoms with E-state index in [0.29, 0.717) is 27.6 Å². The molecule has 1 aliphatic carbocycles. The second-order valence-electron chi connectivity index (χ2n) is 4.95. The Hall–Kier alpha value is -0.710. The van der Waals surface area contributed by atoms with E-state index in [1.807, 2.05) is 0 Å². The summed E-state index contributed by atoms with van der Waals surface area (Å²) in [6.07, 6.45) is 3.73. The maximum Gasteiger partial charge on any atom is 0.147 e. The minimum Gasteiger partial charge on any atom is -0.393 e. The SMILES string of the molecule is CNc1nc(NCC2CCC(O)CC2)c(Cl)cc1Cl. The third-order valence-corrected chi connectivity index (χ3v) is 4.12. The van der Waals surface area contributed by atoms with Gasteiger partial charge in [-0.2, -0.15) is 0 Å². The van der Waals surface area contributed by atoms with Gasteiger partial charge in [0.1, 0.15) is 11.6 Å². The summed E-state index contributed by atoms with van der Waals surface area (Å²) in [7, 11) is 1.77. The van der Waals surface area contributed by atoms with Crippen molar-refractivity contribution in [3.8, 4) is 0 Å². The Morgan fingerprint density at radius 2 is 1.84 bits per heavy atom. The quantitative estimate of drug-likeness (QED) is 0.798. The molecule has 0 spiro atoms. The van der Waals surface area contributed by atoms with E-state index < -0.39 is 0 Å². The lowest BCUT2D eigenvalue weighted by Crippen LogP contribution is -2.23. The van der Waals surface area contributed by atoms with Crippen molar-refractivity contribution in [2.45, 2.75) is 31.8 Å². The normalized spacial score (nSPS) is 23.2. The van der Waals surface area contributed by atoms with Crippen LogP contribution in [-0.2, 0) is 0 Å². The van der Waals surface area contributed by atoms with Gasteiger partial charge in [-0.05, 0) is 37.7 Å². The van der Waals surface area contributed by atoms with Gasteiger partial charge in [-0.15, -0.1) is 0 Å². The van der Waals surface area contributed by atoms with Gasteiger partial charge in [0.15, 0.2) is 0 Å². The molecule has 0 unspecified atom stereocenters. The fourth-order valence-electron chi connectivity index (χ4n) is 2.36. The van der Waals surface area contributed by atoms with Crippen molar-refractivity contribution in [1.29, 1.82) is 0 Å². The number of aromatic nitrogens is 1. The molecule has 106 valence electrons. The fraction of sp³-hybridized carbons (Fsp3) is 0.615. The zero-order valence-corrected chi connectivity index (χ0v) is 12.4. The molecule has 1 heterocycles. The van der Waals surface area contributed by atoms with Crippen LogP contribution in [-0.4, -0.2) is 29.8 Å². The van der Waals surface area contributed by atoms with E-state index in [-0.39, 0.29) is 6.10 Å². The van der Waals surface area contributed by atoms with Gasteiger partial charge >= 0.3 is 0 Å². The fourth-order valence-corrected chi connectivity index (χ4v) is 2.88. The van der Waals surface area contributed by atoms with Crippen molar-refractivity contribution in [2.24, 2.45) is 5.92 Å². The number of anilines is 2. The molecule has 0 bridgehead atoms. The second-order valence-corrected chi connectivity index (χ2v) is 5.77. The van der Waals surface area contributed by atoms with Gasteiger partial charge in [0.25, 0.3) is 0 Å². The lowest BCUT2D eigenvalue weighted by Gasteiger charge is -2.25. The molecule has 4 nitrogen and oxygen atoms in total. The minimum absolute atomic E-state index is 0.121. The zero-order chi connectivity index (χ0) is 13.8. The summed E-state index contributed by atoms with van der Waals surface area (Å²) in [5, 5.41) is 16.7. The van der Waals surface area contributed by atoms with Crippen molar-refractivity contribution < 1.29 is 5.11 Å². The van der Waals surface area contributed by atoms with E-state index in [9.17, 15) is 5.11 Å². The molecule has 3 N–H and O–H groups in total. The van der Waals surface area contributed by atoms with Crippen LogP contribution >= 0.6 is 23.2 Å². The molecule has 0 saturated heterocycles. The van der Waals surface area contributed by atoms with Gasteiger partial charge in [-0.1, -0.05) is 23.2 Å². The first kappa shape index (κ1) is 14.7. The molecule has 0 radical (unpaired) electrons. The number of rotatable bonds is 4. The lowest BCUT2D eigenvalue weighted by atomic mass is 9.87. The first-order chi connectivity index (χ1) is 9.10. The van der Waals surface area contributed by atoms with Gasteiger partial charge in [0.05, 0.1) is 16.1 Å². The number of hydrogen-bond acceptors (Lipinski definition) is 4. The molecule has 1 aromatic heterocycles. The van der Waals surface area contributed by atoms with Gasteiger partial charge in [-0.25, -0.2) is 4.98 Å². The predicted octanol–water partition coefficient (Wildman–Crippen LogP) is 3.39. The Labute approximate surface area is 123 Å². The highest BCUT2D eigenvalue weighted by molar-refractivity contribution is 6.37. The third kappa shape index (κ3) is 3.88. The van der Waals surface area contributed by atoms with Crippen LogP contribution in [0.25, 0.3) is 0 Å². The van der Waals surface area contributed by atoms with Crippen molar-refractivity contribution in [3.63, 3.8) is 0 Å². The highest BCUT2D eigenvalue weighted by Gasteiger charge is 2.19. The molecule has 0 aromatic carbocycles. The summed E-state index contributed by atoms with van der Waals surface area (Å²) in [5.41, 5.74) is 0. The molecule has 0 aliphatic heterocycles. The Morgan fingerprint density at radius 3 is 2.47 bits per heavy atom. The minimum atomic E-state index is -0.121. The first-order valence-corrected chi connectivity index (χ1v) is 7.31. The molecule has 0 amide bonds. The van der Waals surface area contributed by atoms with Crippen molar-refractivity contribution in [2.75, 3.05) is 24.2 Å². The highest BCUT2D eigenvalue weighted by atomic mass is 35.5. The average Bonchev–Trinajstić information content (AvgIpc) is 2.40. The van der Waals surface area contributed by atoms with Crippen molar-refractivity contribution in [3.05, 3.63) is 16.1 Å². The van der Waals surface area contributed by atoms with E-state index in [2.05, 4.69) is 15.6 Å². The number of pyridine rings is 1. The number of nitrogens with one attached hydrogen (secondary N) is 2. The Kier molecular flexibility index (Phi) is 5.13. The number of hydrogen-bond donors (Lipinski definition) is 3. The summed E-state index contributed by atoms with van der Waals surface area (Å²) in [5.74, 6) is 1.84. The van der Waals surface area contributed by atoms with Crippen LogP contribution in [0.1, 0.15) is 25.7 Å². The smallest absolute Gasteiger partial charge is 0.147 e. The molecule has 19 heavy (non-hydrogen) atoms. The Bertz CT molecular complexity index is 434. The van der Waals surface area contributed by atoms with E-state index in [1.54, 1.807) is 13.1 Å². The standard InChI is InChI=1S/C13H19Cl2N3O/c1-16-12-10(14)6-11(15)13(18-12)17-7-8-2-4-9(19)5-3-8/h6,8-9,19H,2-5,7H2,1H3,(H2,16,17,18). The van der Waals surface area contributed by atoms with E-state index in [1.165, 1.54) is 0 Å². The third-order valence-electron chi connectivity index (χ3n) is 3.54. The zero-order valence-electron chi connectivity index (χ0n) is 10.9. The number of halogens is 2. The maximum atomic E-state index is 9.48. The van der Waals surface area contributed by atoms with Crippen LogP contribution in [0, 0.1) is 5.92 Å². The summed E-state index contributed by atoms with van der Waals surface area (Å²) in [6, 6.07) is 1.69. The van der Waals surface area contributed by atoms with E-state index in [4.69, 9.17) is 23.2 Å². The van der Waals surface area contributed by atoms with Gasteiger partial charge in [0, 0.05) is 13.6 Å². The van der Waals surface area contributed by atoms with Crippen LogP contribution in [0.15, 0.2) is 6.07 Å². The van der Waals surface area contributed by atoms with Crippen molar-refractivity contribution in [1.82, 2.24) is 4.98 Å². The number of nitrogens with zero attached hydrogens (tertiary/aromatic N) is 1. The molecule has 2 rings (SSSR count). The van der Waals surface area contributed by atoms with Crippen LogP contribution in [0.4, 0.5) is 11.6 Å². The van der Waals surface area contributed by atoms with Gasteiger partial charge < -0.3 is 15.7 Å². The van der Waals surface area contributed by atoms with E-state index in [0.717, 1.165) is 32.2 Å². The van der Waals surface area contributed by atoms with Crippen LogP contribution < -0.4 is 10.6 Å². The average molecular weight is 304 g/mol. The summed E-state index contributed by atoms with van der Waals surface area (Å²) in [6.45, 7) is 0.824. The number of aliphatic hydroxyl groups excluding tert-OH is 1. The summed E-state index contributed by atoms with van der Waals surface area (Å²) in [4.78, 5) is 4.35. The maximum absolute atomic E-state index is 9.48. The summed E-state index contributed by atoms with van der Waals surface area (Å²) >= 11 is 12.1. The van der Waals surface area contributed by atoms with Crippen LogP contribution in [0.2, 0.25) is 10.0 Å². The largest absolute Gasteiger partial charge is 0.393 e. The van der Waals surface area contributed by atoms with Crippen molar-refractivity contribution >= 4 is 34.8 Å². The Balaban J connectivity index is 1.95. The lowest BCUT2D eigenvalue weighted by molar-refractivity contribution is 0.111. The highest BCUT2D eigenvalue weighted by Crippen LogP contribution is 2.30. The van der Waals surface area contributed by atoms with E-state index >= 15 is 0 Å². The molecule has 0 atom stereocenters.